The van der Waals surface area contributed by atoms with Gasteiger partial charge in [0.2, 0.25) is 0 Å². The topological polar surface area (TPSA) is 82.4 Å². The third-order valence-corrected chi connectivity index (χ3v) is 10.2. The number of hydrogen-bond donors (Lipinski definition) is 0. The van der Waals surface area contributed by atoms with Crippen LogP contribution < -0.4 is 0 Å². The Morgan fingerprint density at radius 3 is 0.905 bits per heavy atom. The fourth-order valence-corrected chi connectivity index (χ4v) is 6.42. The Morgan fingerprint density at radius 1 is 0.452 bits per heavy atom. The molecule has 0 saturated carbocycles. The van der Waals surface area contributed by atoms with Crippen LogP contribution in [-0.2, 0) is 20.0 Å². The maximum absolute atomic E-state index is 11.4. The van der Waals surface area contributed by atoms with Gasteiger partial charge in [-0.1, -0.05) is 97.8 Å². The van der Waals surface area contributed by atoms with Crippen molar-refractivity contribution in [2.24, 2.45) is 0 Å². The molecule has 0 amide bonds. The summed E-state index contributed by atoms with van der Waals surface area (Å²) in [4.78, 5) is 0. The van der Waals surface area contributed by atoms with E-state index in [1.807, 2.05) is 0 Å². The first-order valence-electron chi connectivity index (χ1n) is 15.7. The van der Waals surface area contributed by atoms with Crippen LogP contribution >= 0.6 is 0 Å². The van der Waals surface area contributed by atoms with Gasteiger partial charge in [-0.25, -0.2) is 16.8 Å². The molecule has 0 spiro atoms. The minimum atomic E-state index is -6.72. The highest BCUT2D eigenvalue weighted by atomic mass is 32.3. The van der Waals surface area contributed by atoms with Gasteiger partial charge in [0.05, 0.1) is 26.2 Å². The van der Waals surface area contributed by atoms with Gasteiger partial charge >= 0.3 is 11.0 Å². The smallest absolute Gasteiger partial charge is 0.421 e. The largest absolute Gasteiger partial charge is 0.480 e. The lowest BCUT2D eigenvalue weighted by molar-refractivity contribution is -0.927. The van der Waals surface area contributed by atoms with E-state index < -0.39 is 31.1 Å². The molecule has 0 saturated heterocycles. The number of alkyl halides is 6. The molecule has 0 heterocycles. The molecule has 0 rings (SSSR count). The van der Waals surface area contributed by atoms with Gasteiger partial charge in [-0.05, 0) is 45.4 Å². The van der Waals surface area contributed by atoms with Crippen molar-refractivity contribution in [1.29, 1.82) is 0 Å². The summed E-state index contributed by atoms with van der Waals surface area (Å²) < 4.78 is 111. The van der Waals surface area contributed by atoms with Gasteiger partial charge in [-0.15, -0.1) is 0 Å². The Hall–Kier alpha value is -0.600. The molecule has 6 nitrogen and oxygen atoms in total. The van der Waals surface area contributed by atoms with E-state index in [0.29, 0.717) is 0 Å². The van der Waals surface area contributed by atoms with Crippen LogP contribution in [0.3, 0.4) is 0 Å². The number of hydrogen-bond acceptors (Lipinski definition) is 4. The highest BCUT2D eigenvalue weighted by Gasteiger charge is 2.46. The van der Waals surface area contributed by atoms with E-state index in [1.165, 1.54) is 146 Å². The predicted molar refractivity (Wildman–Crippen MR) is 159 cm³/mol. The predicted octanol–water partition coefficient (Wildman–Crippen LogP) is 9.96. The molecule has 0 aliphatic rings. The average Bonchev–Trinajstić information content (AvgIpc) is 2.88. The summed E-state index contributed by atoms with van der Waals surface area (Å²) in [5.41, 5.74) is -12.4. The average molecular weight is 663 g/mol. The number of halogens is 6. The summed E-state index contributed by atoms with van der Waals surface area (Å²) in [6.07, 6.45) is 25.9. The van der Waals surface area contributed by atoms with Crippen LogP contribution in [0.1, 0.15) is 143 Å². The Kier molecular flexibility index (Phi) is 23.7. The molecule has 0 aliphatic carbocycles. The zero-order valence-corrected chi connectivity index (χ0v) is 27.8. The summed E-state index contributed by atoms with van der Waals surface area (Å²) in [5, 5.41) is 0. The van der Waals surface area contributed by atoms with E-state index in [4.69, 9.17) is 0 Å². The van der Waals surface area contributed by atoms with Crippen LogP contribution in [0.4, 0.5) is 26.3 Å². The maximum Gasteiger partial charge on any atom is 0.480 e. The van der Waals surface area contributed by atoms with Crippen molar-refractivity contribution in [2.45, 2.75) is 154 Å². The molecule has 0 aromatic rings. The van der Waals surface area contributed by atoms with Crippen molar-refractivity contribution >= 4 is 20.0 Å². The van der Waals surface area contributed by atoms with Crippen LogP contribution in [0, 0.1) is 0 Å². The van der Waals surface area contributed by atoms with E-state index in [1.54, 1.807) is 0 Å². The zero-order valence-electron chi connectivity index (χ0n) is 26.2. The van der Waals surface area contributed by atoms with Crippen molar-refractivity contribution in [3.8, 4) is 0 Å². The van der Waals surface area contributed by atoms with E-state index in [-0.39, 0.29) is 0 Å². The van der Waals surface area contributed by atoms with E-state index in [0.717, 1.165) is 4.13 Å². The normalized spacial score (nSPS) is 13.2. The molecular formula is C28H56F6N2O4S2. The monoisotopic (exact) mass is 662 g/mol. The molecule has 0 radical (unpaired) electrons. The van der Waals surface area contributed by atoms with Crippen LogP contribution in [-0.4, -0.2) is 58.5 Å². The first-order chi connectivity index (χ1) is 19.4. The summed E-state index contributed by atoms with van der Waals surface area (Å²) in [6.45, 7) is 15.1. The lowest BCUT2D eigenvalue weighted by Crippen LogP contribution is -2.50. The molecule has 0 fully saturated rings. The molecule has 0 aliphatic heterocycles. The van der Waals surface area contributed by atoms with Gasteiger partial charge in [-0.3, -0.25) is 0 Å². The molecule has 14 heteroatoms. The highest BCUT2D eigenvalue weighted by molar-refractivity contribution is 8.13. The second kappa shape index (κ2) is 22.8. The van der Waals surface area contributed by atoms with Crippen molar-refractivity contribution in [3.63, 3.8) is 0 Å². The second-order valence-electron chi connectivity index (χ2n) is 11.0. The first-order valence-corrected chi connectivity index (χ1v) is 18.5. The van der Waals surface area contributed by atoms with Crippen LogP contribution in [0.5, 0.6) is 0 Å². The molecule has 0 aromatic carbocycles. The maximum atomic E-state index is 11.4. The third-order valence-electron chi connectivity index (χ3n) is 7.41. The Bertz CT molecular complexity index is 782. The molecular weight excluding hydrogens is 606 g/mol. The molecule has 0 bridgehead atoms. The van der Waals surface area contributed by atoms with Crippen molar-refractivity contribution < 1.29 is 47.7 Å². The van der Waals surface area contributed by atoms with Crippen molar-refractivity contribution in [1.82, 2.24) is 0 Å². The first kappa shape index (κ1) is 43.5. The van der Waals surface area contributed by atoms with E-state index in [2.05, 4.69) is 27.7 Å². The van der Waals surface area contributed by atoms with Crippen molar-refractivity contribution in [3.05, 3.63) is 4.13 Å². The fourth-order valence-electron chi connectivity index (χ4n) is 4.71. The van der Waals surface area contributed by atoms with Crippen LogP contribution in [0.25, 0.3) is 4.13 Å². The Labute approximate surface area is 252 Å². The molecule has 0 unspecified atom stereocenters. The summed E-state index contributed by atoms with van der Waals surface area (Å²) in [6, 6.07) is 0. The van der Waals surface area contributed by atoms with Gasteiger partial charge in [0.15, 0.2) is 20.0 Å². The lowest BCUT2D eigenvalue weighted by atomic mass is 10.1. The summed E-state index contributed by atoms with van der Waals surface area (Å²) in [5.74, 6) is 0. The third kappa shape index (κ3) is 20.4. The molecule has 0 N–H and O–H groups in total. The second-order valence-corrected chi connectivity index (χ2v) is 14.5. The molecule has 0 atom stereocenters. The van der Waals surface area contributed by atoms with E-state index in [9.17, 15) is 43.2 Å². The van der Waals surface area contributed by atoms with Gasteiger partial charge in [0, 0.05) is 0 Å². The number of rotatable bonds is 24. The number of sulfonamides is 2. The zero-order chi connectivity index (χ0) is 32.8. The number of unbranched alkanes of at least 4 members (excludes halogenated alkanes) is 15. The number of quaternary nitrogens is 1. The standard InChI is InChI=1S/C26H56N.C2F6NO4S2/c1-5-9-12-15-18-21-24-27(8-4,25-22-19-16-13-10-6-2)26-23-20-17-14-11-7-3;3-1(4,5)14(10,11)9-15(12,13)2(6,7)8/h5-26H2,1-4H3;/q+1;-1. The molecule has 256 valence electrons. The lowest BCUT2D eigenvalue weighted by Gasteiger charge is -2.38. The minimum Gasteiger partial charge on any atom is -0.421 e. The van der Waals surface area contributed by atoms with Crippen LogP contribution in [0.2, 0.25) is 0 Å². The van der Waals surface area contributed by atoms with Crippen LogP contribution in [0.15, 0.2) is 0 Å². The molecule has 0 aromatic heterocycles. The van der Waals surface area contributed by atoms with Gasteiger partial charge in [0.1, 0.15) is 0 Å². The Balaban J connectivity index is 0. The van der Waals surface area contributed by atoms with E-state index >= 15 is 0 Å². The van der Waals surface area contributed by atoms with Gasteiger partial charge in [0.25, 0.3) is 0 Å². The summed E-state index contributed by atoms with van der Waals surface area (Å²) >= 11 is 0. The summed E-state index contributed by atoms with van der Waals surface area (Å²) in [7, 11) is -13.4. The highest BCUT2D eigenvalue weighted by Crippen LogP contribution is 2.36. The minimum absolute atomic E-state index is 0.778. The quantitative estimate of drug-likeness (QED) is 0.0585. The Morgan fingerprint density at radius 2 is 0.690 bits per heavy atom. The number of nitrogens with zero attached hydrogens (tertiary/aromatic N) is 2. The van der Waals surface area contributed by atoms with Crippen molar-refractivity contribution in [2.75, 3.05) is 26.2 Å². The molecule has 42 heavy (non-hydrogen) atoms. The fraction of sp³-hybridized carbons (Fsp3) is 1.00. The van der Waals surface area contributed by atoms with Gasteiger partial charge < -0.3 is 8.61 Å². The van der Waals surface area contributed by atoms with Gasteiger partial charge in [-0.2, -0.15) is 26.3 Å². The SMILES string of the molecule is CCCCCCCC[N+](CC)(CCCCCCCC)CCCCCCCC.O=S(=O)([N-]S(=O)(=O)C(F)(F)F)C(F)(F)F.